The van der Waals surface area contributed by atoms with Crippen molar-refractivity contribution in [1.29, 1.82) is 0 Å². The van der Waals surface area contributed by atoms with Crippen LogP contribution in [-0.2, 0) is 10.0 Å². The Morgan fingerprint density at radius 1 is 1.27 bits per heavy atom. The molecule has 22 heavy (non-hydrogen) atoms. The summed E-state index contributed by atoms with van der Waals surface area (Å²) in [4.78, 5) is 11.2. The Morgan fingerprint density at radius 2 is 2.00 bits per heavy atom. The predicted octanol–water partition coefficient (Wildman–Crippen LogP) is 2.26. The molecule has 2 aromatic rings. The number of hydrogen-bond donors (Lipinski definition) is 2. The number of aromatic carboxylic acids is 1. The normalized spacial score (nSPS) is 11.0. The van der Waals surface area contributed by atoms with E-state index in [0.29, 0.717) is 0 Å². The van der Waals surface area contributed by atoms with Crippen LogP contribution in [0.15, 0.2) is 33.9 Å². The van der Waals surface area contributed by atoms with Crippen LogP contribution in [0, 0.1) is 0 Å². The van der Waals surface area contributed by atoms with Gasteiger partial charge in [-0.3, -0.25) is 4.72 Å². The van der Waals surface area contributed by atoms with Crippen LogP contribution in [0.25, 0.3) is 0 Å². The molecule has 0 fully saturated rings. The molecule has 0 atom stereocenters. The van der Waals surface area contributed by atoms with E-state index >= 15 is 0 Å². The van der Waals surface area contributed by atoms with Crippen LogP contribution in [0.5, 0.6) is 11.5 Å². The summed E-state index contributed by atoms with van der Waals surface area (Å²) in [6.45, 7) is 0. The Hall–Kier alpha value is -2.26. The van der Waals surface area contributed by atoms with E-state index < -0.39 is 16.0 Å². The molecule has 118 valence electrons. The second-order valence-electron chi connectivity index (χ2n) is 4.13. The zero-order chi connectivity index (χ0) is 16.3. The second kappa shape index (κ2) is 6.24. The number of thiophene rings is 1. The first-order valence-corrected chi connectivity index (χ1v) is 8.36. The van der Waals surface area contributed by atoms with E-state index in [1.54, 1.807) is 5.38 Å². The summed E-state index contributed by atoms with van der Waals surface area (Å²) in [5.41, 5.74) is -0.133. The molecule has 1 heterocycles. The van der Waals surface area contributed by atoms with Gasteiger partial charge in [-0.1, -0.05) is 0 Å². The Morgan fingerprint density at radius 3 is 2.50 bits per heavy atom. The molecule has 0 radical (unpaired) electrons. The van der Waals surface area contributed by atoms with Gasteiger partial charge < -0.3 is 14.6 Å². The van der Waals surface area contributed by atoms with Gasteiger partial charge in [-0.2, -0.15) is 11.3 Å². The van der Waals surface area contributed by atoms with E-state index in [0.717, 1.165) is 0 Å². The number of carboxylic acid groups (broad SMARTS) is 1. The first kappa shape index (κ1) is 16.1. The summed E-state index contributed by atoms with van der Waals surface area (Å²) < 4.78 is 37.0. The van der Waals surface area contributed by atoms with E-state index in [1.807, 2.05) is 0 Å². The van der Waals surface area contributed by atoms with E-state index in [4.69, 9.17) is 14.6 Å². The van der Waals surface area contributed by atoms with Crippen molar-refractivity contribution in [2.75, 3.05) is 18.9 Å². The molecule has 0 saturated heterocycles. The van der Waals surface area contributed by atoms with Crippen LogP contribution >= 0.6 is 11.3 Å². The Bertz CT molecular complexity index is 783. The van der Waals surface area contributed by atoms with Crippen molar-refractivity contribution >= 4 is 33.0 Å². The molecule has 0 spiro atoms. The van der Waals surface area contributed by atoms with Crippen molar-refractivity contribution in [3.8, 4) is 11.5 Å². The summed E-state index contributed by atoms with van der Waals surface area (Å²) >= 11 is 1.23. The number of nitrogens with one attached hydrogen (secondary N) is 1. The molecule has 2 N–H and O–H groups in total. The van der Waals surface area contributed by atoms with Gasteiger partial charge in [0.25, 0.3) is 10.0 Å². The lowest BCUT2D eigenvalue weighted by Crippen LogP contribution is -2.14. The zero-order valence-electron chi connectivity index (χ0n) is 11.7. The van der Waals surface area contributed by atoms with Gasteiger partial charge in [-0.25, -0.2) is 13.2 Å². The number of hydrogen-bond acceptors (Lipinski definition) is 6. The van der Waals surface area contributed by atoms with Gasteiger partial charge in [0.15, 0.2) is 11.5 Å². The van der Waals surface area contributed by atoms with E-state index in [-0.39, 0.29) is 27.6 Å². The number of sulfonamides is 1. The third-order valence-electron chi connectivity index (χ3n) is 2.78. The Balaban J connectivity index is 2.54. The van der Waals surface area contributed by atoms with Crippen molar-refractivity contribution in [1.82, 2.24) is 0 Å². The van der Waals surface area contributed by atoms with Gasteiger partial charge in [0.05, 0.1) is 30.4 Å². The van der Waals surface area contributed by atoms with Crippen LogP contribution in [0.3, 0.4) is 0 Å². The Kier molecular flexibility index (Phi) is 4.57. The van der Waals surface area contributed by atoms with Crippen LogP contribution in [-0.4, -0.2) is 33.7 Å². The average molecular weight is 343 g/mol. The number of anilines is 1. The third-order valence-corrected chi connectivity index (χ3v) is 4.97. The largest absolute Gasteiger partial charge is 0.493 e. The molecular weight excluding hydrogens is 330 g/mol. The minimum Gasteiger partial charge on any atom is -0.493 e. The maximum atomic E-state index is 12.3. The van der Waals surface area contributed by atoms with Gasteiger partial charge in [0.2, 0.25) is 0 Å². The first-order chi connectivity index (χ1) is 10.4. The van der Waals surface area contributed by atoms with Crippen LogP contribution < -0.4 is 14.2 Å². The fourth-order valence-corrected chi connectivity index (χ4v) is 3.85. The van der Waals surface area contributed by atoms with Crippen LogP contribution in [0.2, 0.25) is 0 Å². The number of carboxylic acids is 1. The number of rotatable bonds is 6. The average Bonchev–Trinajstić information content (AvgIpc) is 3.00. The second-order valence-corrected chi connectivity index (χ2v) is 6.59. The van der Waals surface area contributed by atoms with Gasteiger partial charge in [-0.15, -0.1) is 0 Å². The van der Waals surface area contributed by atoms with Crippen molar-refractivity contribution in [2.24, 2.45) is 0 Å². The van der Waals surface area contributed by atoms with Gasteiger partial charge >= 0.3 is 5.97 Å². The van der Waals surface area contributed by atoms with Gasteiger partial charge in [0, 0.05) is 5.38 Å². The standard InChI is InChI=1S/C13H13NO6S2/c1-19-11-6-8(13(15)16)5-10(12(11)20-2)14-22(17,18)9-3-4-21-7-9/h3-7,14H,1-2H3,(H,15,16). The minimum absolute atomic E-state index is 0.00884. The fourth-order valence-electron chi connectivity index (χ4n) is 1.77. The highest BCUT2D eigenvalue weighted by Gasteiger charge is 2.21. The number of ether oxygens (including phenoxy) is 2. The fraction of sp³-hybridized carbons (Fsp3) is 0.154. The lowest BCUT2D eigenvalue weighted by atomic mass is 10.1. The predicted molar refractivity (Wildman–Crippen MR) is 81.6 cm³/mol. The quantitative estimate of drug-likeness (QED) is 0.834. The highest BCUT2D eigenvalue weighted by molar-refractivity contribution is 7.92. The van der Waals surface area contributed by atoms with Crippen LogP contribution in [0.4, 0.5) is 5.69 Å². The monoisotopic (exact) mass is 343 g/mol. The smallest absolute Gasteiger partial charge is 0.335 e. The Labute approximate surface area is 131 Å². The lowest BCUT2D eigenvalue weighted by Gasteiger charge is -2.15. The minimum atomic E-state index is -3.84. The summed E-state index contributed by atoms with van der Waals surface area (Å²) in [5, 5.41) is 12.2. The lowest BCUT2D eigenvalue weighted by molar-refractivity contribution is 0.0696. The molecular formula is C13H13NO6S2. The summed E-state index contributed by atoms with van der Waals surface area (Å²) in [6.07, 6.45) is 0. The van der Waals surface area contributed by atoms with E-state index in [9.17, 15) is 13.2 Å². The van der Waals surface area contributed by atoms with E-state index in [2.05, 4.69) is 4.72 Å². The highest BCUT2D eigenvalue weighted by atomic mass is 32.2. The molecule has 0 aliphatic rings. The van der Waals surface area contributed by atoms with Crippen molar-refractivity contribution in [3.05, 3.63) is 34.5 Å². The summed E-state index contributed by atoms with van der Waals surface area (Å²) in [7, 11) is -1.17. The summed E-state index contributed by atoms with van der Waals surface area (Å²) in [5.74, 6) is -0.992. The molecule has 0 saturated carbocycles. The molecule has 9 heteroatoms. The van der Waals surface area contributed by atoms with Crippen LogP contribution in [0.1, 0.15) is 10.4 Å². The number of carbonyl (C=O) groups is 1. The van der Waals surface area contributed by atoms with Crippen molar-refractivity contribution in [2.45, 2.75) is 4.90 Å². The molecule has 2 rings (SSSR count). The number of benzene rings is 1. The highest BCUT2D eigenvalue weighted by Crippen LogP contribution is 2.37. The topological polar surface area (TPSA) is 102 Å². The van der Waals surface area contributed by atoms with Crippen molar-refractivity contribution < 1.29 is 27.8 Å². The zero-order valence-corrected chi connectivity index (χ0v) is 13.3. The van der Waals surface area contributed by atoms with E-state index in [1.165, 1.54) is 49.1 Å². The maximum absolute atomic E-state index is 12.3. The molecule has 0 bridgehead atoms. The molecule has 0 unspecified atom stereocenters. The molecule has 1 aromatic heterocycles. The SMILES string of the molecule is COc1cc(C(=O)O)cc(NS(=O)(=O)c2ccsc2)c1OC. The van der Waals surface area contributed by atoms with Gasteiger partial charge in [-0.05, 0) is 23.6 Å². The van der Waals surface area contributed by atoms with Crippen molar-refractivity contribution in [3.63, 3.8) is 0 Å². The third kappa shape index (κ3) is 3.15. The molecule has 1 aromatic carbocycles. The number of methoxy groups -OCH3 is 2. The molecule has 0 aliphatic carbocycles. The summed E-state index contributed by atoms with van der Waals surface area (Å²) in [6, 6.07) is 3.87. The molecule has 7 nitrogen and oxygen atoms in total. The van der Waals surface area contributed by atoms with Gasteiger partial charge in [0.1, 0.15) is 0 Å². The molecule has 0 aliphatic heterocycles. The first-order valence-electron chi connectivity index (χ1n) is 5.93. The molecule has 0 amide bonds. The maximum Gasteiger partial charge on any atom is 0.335 e.